The van der Waals surface area contributed by atoms with E-state index in [2.05, 4.69) is 0 Å². The summed E-state index contributed by atoms with van der Waals surface area (Å²) in [6.45, 7) is 2.37. The molecule has 0 fully saturated rings. The van der Waals surface area contributed by atoms with Crippen molar-refractivity contribution in [2.24, 2.45) is 0 Å². The average molecular weight is 449 g/mol. The Bertz CT molecular complexity index is 1170. The maximum atomic E-state index is 13.3. The van der Waals surface area contributed by atoms with Crippen molar-refractivity contribution in [3.8, 4) is 5.75 Å². The molecule has 0 radical (unpaired) electrons. The van der Waals surface area contributed by atoms with E-state index in [1.54, 1.807) is 41.8 Å². The van der Waals surface area contributed by atoms with Crippen molar-refractivity contribution in [1.29, 1.82) is 0 Å². The third-order valence-electron chi connectivity index (χ3n) is 5.33. The van der Waals surface area contributed by atoms with Gasteiger partial charge in [-0.1, -0.05) is 24.3 Å². The summed E-state index contributed by atoms with van der Waals surface area (Å²) < 4.78 is 5.60. The van der Waals surface area contributed by atoms with Crippen LogP contribution in [0.2, 0.25) is 0 Å². The average Bonchev–Trinajstić information content (AvgIpc) is 3.41. The van der Waals surface area contributed by atoms with Crippen molar-refractivity contribution >= 4 is 34.4 Å². The predicted octanol–water partition coefficient (Wildman–Crippen LogP) is 5.00. The number of nitrogens with zero attached hydrogens (tertiary/aromatic N) is 2. The zero-order chi connectivity index (χ0) is 22.8. The van der Waals surface area contributed by atoms with Gasteiger partial charge in [0.2, 0.25) is 5.78 Å². The molecule has 0 saturated heterocycles. The Balaban J connectivity index is 1.85. The number of benzene rings is 2. The molecule has 2 heterocycles. The molecule has 6 nitrogen and oxygen atoms in total. The van der Waals surface area contributed by atoms with E-state index in [1.165, 1.54) is 16.2 Å². The van der Waals surface area contributed by atoms with Crippen LogP contribution in [-0.2, 0) is 4.79 Å². The summed E-state index contributed by atoms with van der Waals surface area (Å²) in [5.41, 5.74) is 2.34. The first-order chi connectivity index (χ1) is 15.4. The molecule has 4 rings (SSSR count). The maximum Gasteiger partial charge on any atom is 0.294 e. The Morgan fingerprint density at radius 2 is 1.88 bits per heavy atom. The second-order valence-corrected chi connectivity index (χ2v) is 8.51. The molecule has 0 saturated carbocycles. The van der Waals surface area contributed by atoms with Crippen LogP contribution in [0.3, 0.4) is 0 Å². The Labute approximate surface area is 191 Å². The maximum absolute atomic E-state index is 13.3. The van der Waals surface area contributed by atoms with Crippen LogP contribution in [0.5, 0.6) is 5.75 Å². The summed E-state index contributed by atoms with van der Waals surface area (Å²) in [5.74, 6) is -0.875. The molecular weight excluding hydrogens is 424 g/mol. The monoisotopic (exact) mass is 448 g/mol. The Kier molecular flexibility index (Phi) is 6.01. The van der Waals surface area contributed by atoms with Crippen LogP contribution in [0.15, 0.2) is 77.4 Å². The van der Waals surface area contributed by atoms with Gasteiger partial charge in [-0.25, -0.2) is 0 Å². The Morgan fingerprint density at radius 1 is 1.12 bits per heavy atom. The summed E-state index contributed by atoms with van der Waals surface area (Å²) in [7, 11) is 3.88. The fourth-order valence-electron chi connectivity index (χ4n) is 3.80. The number of anilines is 2. The van der Waals surface area contributed by atoms with E-state index in [4.69, 9.17) is 4.74 Å². The van der Waals surface area contributed by atoms with E-state index in [0.717, 1.165) is 11.3 Å². The first-order valence-corrected chi connectivity index (χ1v) is 11.2. The smallest absolute Gasteiger partial charge is 0.294 e. The lowest BCUT2D eigenvalue weighted by molar-refractivity contribution is -0.117. The number of thiophene rings is 1. The van der Waals surface area contributed by atoms with Crippen LogP contribution in [0, 0.1) is 0 Å². The molecule has 0 aliphatic carbocycles. The molecule has 1 unspecified atom stereocenters. The zero-order valence-corrected chi connectivity index (χ0v) is 18.9. The minimum atomic E-state index is -0.759. The fourth-order valence-corrected chi connectivity index (χ4v) is 4.48. The lowest BCUT2D eigenvalue weighted by atomic mass is 9.95. The number of ketones is 1. The van der Waals surface area contributed by atoms with Gasteiger partial charge in [0.25, 0.3) is 5.91 Å². The van der Waals surface area contributed by atoms with E-state index in [-0.39, 0.29) is 11.4 Å². The van der Waals surface area contributed by atoms with Crippen LogP contribution in [0.1, 0.15) is 28.2 Å². The normalized spacial score (nSPS) is 15.9. The number of aliphatic hydroxyl groups excluding tert-OH is 1. The number of hydrogen-bond acceptors (Lipinski definition) is 6. The minimum Gasteiger partial charge on any atom is -0.503 e. The molecule has 7 heteroatoms. The highest BCUT2D eigenvalue weighted by molar-refractivity contribution is 7.12. The number of rotatable bonds is 7. The largest absolute Gasteiger partial charge is 0.503 e. The molecule has 1 aromatic heterocycles. The van der Waals surface area contributed by atoms with Crippen molar-refractivity contribution in [3.63, 3.8) is 0 Å². The number of carbonyl (C=O) groups is 2. The second kappa shape index (κ2) is 8.88. The molecule has 0 bridgehead atoms. The number of aliphatic hydroxyl groups is 1. The van der Waals surface area contributed by atoms with Crippen LogP contribution in [-0.4, -0.2) is 37.5 Å². The van der Waals surface area contributed by atoms with Crippen molar-refractivity contribution in [2.75, 3.05) is 30.5 Å². The number of carbonyl (C=O) groups excluding carboxylic acids is 2. The van der Waals surface area contributed by atoms with Crippen LogP contribution >= 0.6 is 11.3 Å². The van der Waals surface area contributed by atoms with Gasteiger partial charge in [0.1, 0.15) is 5.75 Å². The standard InChI is InChI=1S/C25H24N2O4S/c1-4-31-19-8-5-7-18(15-19)27-22(16-10-12-17(13-11-16)26(2)3)21(24(29)25(27)30)23(28)20-9-6-14-32-20/h5-15,22,29H,4H2,1-3H3. The molecule has 1 N–H and O–H groups in total. The Hall–Kier alpha value is -3.58. The van der Waals surface area contributed by atoms with Crippen molar-refractivity contribution in [1.82, 2.24) is 0 Å². The highest BCUT2D eigenvalue weighted by atomic mass is 32.1. The fraction of sp³-hybridized carbons (Fsp3) is 0.200. The van der Waals surface area contributed by atoms with E-state index >= 15 is 0 Å². The highest BCUT2D eigenvalue weighted by Crippen LogP contribution is 2.43. The number of Topliss-reactive ketones (excluding diaryl/α,β-unsaturated/α-hetero) is 1. The topological polar surface area (TPSA) is 70.1 Å². The zero-order valence-electron chi connectivity index (χ0n) is 18.1. The van der Waals surface area contributed by atoms with Crippen LogP contribution in [0.4, 0.5) is 11.4 Å². The molecule has 2 aromatic carbocycles. The first kappa shape index (κ1) is 21.6. The molecule has 1 atom stereocenters. The summed E-state index contributed by atoms with van der Waals surface area (Å²) in [4.78, 5) is 30.5. The quantitative estimate of drug-likeness (QED) is 0.516. The van der Waals surface area contributed by atoms with Crippen molar-refractivity contribution < 1.29 is 19.4 Å². The predicted molar refractivity (Wildman–Crippen MR) is 127 cm³/mol. The Morgan fingerprint density at radius 3 is 2.50 bits per heavy atom. The lowest BCUT2D eigenvalue weighted by Gasteiger charge is -2.27. The van der Waals surface area contributed by atoms with Gasteiger partial charge in [0.15, 0.2) is 5.76 Å². The molecule has 1 amide bonds. The minimum absolute atomic E-state index is 0.0804. The summed E-state index contributed by atoms with van der Waals surface area (Å²) >= 11 is 1.28. The van der Waals surface area contributed by atoms with Crippen molar-refractivity contribution in [3.05, 3.63) is 87.8 Å². The number of amides is 1. The molecule has 3 aromatic rings. The van der Waals surface area contributed by atoms with Crippen LogP contribution < -0.4 is 14.5 Å². The van der Waals surface area contributed by atoms with Gasteiger partial charge in [0.05, 0.1) is 23.1 Å². The number of hydrogen-bond donors (Lipinski definition) is 1. The third kappa shape index (κ3) is 3.87. The van der Waals surface area contributed by atoms with E-state index in [9.17, 15) is 14.7 Å². The molecule has 1 aliphatic rings. The van der Waals surface area contributed by atoms with Gasteiger partial charge < -0.3 is 14.7 Å². The van der Waals surface area contributed by atoms with Gasteiger partial charge >= 0.3 is 0 Å². The molecule has 32 heavy (non-hydrogen) atoms. The lowest BCUT2D eigenvalue weighted by Crippen LogP contribution is -2.31. The first-order valence-electron chi connectivity index (χ1n) is 10.3. The summed E-state index contributed by atoms with van der Waals surface area (Å²) in [6, 6.07) is 17.4. The molecular formula is C25H24N2O4S. The summed E-state index contributed by atoms with van der Waals surface area (Å²) in [5, 5.41) is 12.6. The third-order valence-corrected chi connectivity index (χ3v) is 6.20. The van der Waals surface area contributed by atoms with E-state index in [1.807, 2.05) is 50.2 Å². The molecule has 0 spiro atoms. The number of ether oxygens (including phenoxy) is 1. The summed E-state index contributed by atoms with van der Waals surface area (Å²) in [6.07, 6.45) is 0. The second-order valence-electron chi connectivity index (χ2n) is 7.56. The van der Waals surface area contributed by atoms with Gasteiger partial charge in [-0.3, -0.25) is 14.5 Å². The SMILES string of the molecule is CCOc1cccc(N2C(=O)C(O)=C(C(=O)c3cccs3)C2c2ccc(N(C)C)cc2)c1. The van der Waals surface area contributed by atoms with Crippen molar-refractivity contribution in [2.45, 2.75) is 13.0 Å². The van der Waals surface area contributed by atoms with Gasteiger partial charge in [-0.05, 0) is 48.2 Å². The highest BCUT2D eigenvalue weighted by Gasteiger charge is 2.44. The van der Waals surface area contributed by atoms with E-state index < -0.39 is 17.7 Å². The molecule has 1 aliphatic heterocycles. The van der Waals surface area contributed by atoms with E-state index in [0.29, 0.717) is 22.9 Å². The van der Waals surface area contributed by atoms with Crippen LogP contribution in [0.25, 0.3) is 0 Å². The van der Waals surface area contributed by atoms with Gasteiger partial charge in [-0.15, -0.1) is 11.3 Å². The van der Waals surface area contributed by atoms with Gasteiger partial charge in [0, 0.05) is 31.5 Å². The molecule has 164 valence electrons. The van der Waals surface area contributed by atoms with Gasteiger partial charge in [-0.2, -0.15) is 0 Å².